The van der Waals surface area contributed by atoms with E-state index in [0.717, 1.165) is 18.4 Å². The summed E-state index contributed by atoms with van der Waals surface area (Å²) in [6, 6.07) is 7.43. The third-order valence-corrected chi connectivity index (χ3v) is 3.71. The number of carbonyl (C=O) groups is 1. The first-order valence-corrected chi connectivity index (χ1v) is 7.38. The van der Waals surface area contributed by atoms with E-state index in [0.29, 0.717) is 16.8 Å². The summed E-state index contributed by atoms with van der Waals surface area (Å²) < 4.78 is 5.45. The summed E-state index contributed by atoms with van der Waals surface area (Å²) in [5, 5.41) is 3.01. The van der Waals surface area contributed by atoms with E-state index in [2.05, 4.69) is 5.32 Å². The Hall–Kier alpha value is -1.62. The number of hydrogen-bond acceptors (Lipinski definition) is 3. The lowest BCUT2D eigenvalue weighted by atomic mass is 9.95. The van der Waals surface area contributed by atoms with Gasteiger partial charge in [0.25, 0.3) is 5.91 Å². The Balaban J connectivity index is 1.76. The second kappa shape index (κ2) is 7.24. The largest absolute Gasteiger partial charge is 0.484 e. The van der Waals surface area contributed by atoms with E-state index in [9.17, 15) is 4.79 Å². The normalized spacial score (nSPS) is 15.6. The molecule has 0 atom stereocenters. The van der Waals surface area contributed by atoms with Crippen LogP contribution in [0.25, 0.3) is 0 Å². The molecule has 1 aliphatic rings. The van der Waals surface area contributed by atoms with E-state index in [1.54, 1.807) is 24.3 Å². The van der Waals surface area contributed by atoms with Crippen molar-refractivity contribution >= 4 is 23.1 Å². The molecule has 0 aliphatic heterocycles. The summed E-state index contributed by atoms with van der Waals surface area (Å²) >= 11 is 4.88. The standard InChI is InChI=1S/C15H20N2O2S/c16-15(20)11-6-8-13(9-7-11)19-10-14(18)17-12-4-2-1-3-5-12/h6-9,12H,1-5,10H2,(H2,16,20)(H,17,18). The quantitative estimate of drug-likeness (QED) is 0.816. The number of ether oxygens (including phenoxy) is 1. The zero-order valence-electron chi connectivity index (χ0n) is 11.4. The molecule has 1 aliphatic carbocycles. The summed E-state index contributed by atoms with van der Waals surface area (Å²) in [5.74, 6) is 0.583. The Morgan fingerprint density at radius 1 is 1.25 bits per heavy atom. The van der Waals surface area contributed by atoms with Crippen molar-refractivity contribution in [3.63, 3.8) is 0 Å². The summed E-state index contributed by atoms with van der Waals surface area (Å²) in [6.07, 6.45) is 5.83. The van der Waals surface area contributed by atoms with Crippen LogP contribution in [0.4, 0.5) is 0 Å². The van der Waals surface area contributed by atoms with Crippen LogP contribution >= 0.6 is 12.2 Å². The summed E-state index contributed by atoms with van der Waals surface area (Å²) in [4.78, 5) is 12.1. The zero-order chi connectivity index (χ0) is 14.4. The van der Waals surface area contributed by atoms with Crippen molar-refractivity contribution in [3.8, 4) is 5.75 Å². The van der Waals surface area contributed by atoms with Crippen LogP contribution in [0.2, 0.25) is 0 Å². The zero-order valence-corrected chi connectivity index (χ0v) is 12.2. The van der Waals surface area contributed by atoms with Crippen molar-refractivity contribution < 1.29 is 9.53 Å². The molecule has 0 aromatic heterocycles. The van der Waals surface area contributed by atoms with Gasteiger partial charge in [-0.05, 0) is 37.1 Å². The van der Waals surface area contributed by atoms with E-state index in [4.69, 9.17) is 22.7 Å². The molecule has 4 nitrogen and oxygen atoms in total. The highest BCUT2D eigenvalue weighted by molar-refractivity contribution is 7.80. The first-order chi connectivity index (χ1) is 9.65. The smallest absolute Gasteiger partial charge is 0.258 e. The van der Waals surface area contributed by atoms with Crippen LogP contribution in [0.15, 0.2) is 24.3 Å². The van der Waals surface area contributed by atoms with E-state index in [1.165, 1.54) is 19.3 Å². The number of hydrogen-bond donors (Lipinski definition) is 2. The number of carbonyl (C=O) groups excluding carboxylic acids is 1. The first-order valence-electron chi connectivity index (χ1n) is 6.97. The molecule has 0 saturated heterocycles. The summed E-state index contributed by atoms with van der Waals surface area (Å²) in [5.41, 5.74) is 6.31. The third-order valence-electron chi connectivity index (χ3n) is 3.48. The maximum Gasteiger partial charge on any atom is 0.258 e. The van der Waals surface area contributed by atoms with Crippen LogP contribution in [0.1, 0.15) is 37.7 Å². The number of amides is 1. The maximum atomic E-state index is 11.8. The van der Waals surface area contributed by atoms with Crippen LogP contribution < -0.4 is 15.8 Å². The minimum Gasteiger partial charge on any atom is -0.484 e. The van der Waals surface area contributed by atoms with Gasteiger partial charge in [-0.15, -0.1) is 0 Å². The van der Waals surface area contributed by atoms with Crippen LogP contribution in [0, 0.1) is 0 Å². The molecular formula is C15H20N2O2S. The fraction of sp³-hybridized carbons (Fsp3) is 0.467. The first kappa shape index (κ1) is 14.8. The molecule has 1 saturated carbocycles. The minimum absolute atomic E-state index is 0.0446. The Morgan fingerprint density at radius 3 is 2.50 bits per heavy atom. The predicted octanol–water partition coefficient (Wildman–Crippen LogP) is 2.15. The number of rotatable bonds is 5. The molecule has 1 amide bonds. The van der Waals surface area contributed by atoms with Crippen LogP contribution in [-0.4, -0.2) is 23.5 Å². The predicted molar refractivity (Wildman–Crippen MR) is 82.8 cm³/mol. The molecule has 3 N–H and O–H groups in total. The van der Waals surface area contributed by atoms with Gasteiger partial charge in [0.15, 0.2) is 6.61 Å². The Kier molecular flexibility index (Phi) is 5.35. The number of benzene rings is 1. The van der Waals surface area contributed by atoms with Crippen molar-refractivity contribution in [2.75, 3.05) is 6.61 Å². The fourth-order valence-electron chi connectivity index (χ4n) is 2.38. The minimum atomic E-state index is -0.0599. The molecule has 0 bridgehead atoms. The van der Waals surface area contributed by atoms with Crippen molar-refractivity contribution in [1.82, 2.24) is 5.32 Å². The number of nitrogens with one attached hydrogen (secondary N) is 1. The van der Waals surface area contributed by atoms with Gasteiger partial charge in [0, 0.05) is 11.6 Å². The Labute approximate surface area is 124 Å². The molecule has 0 heterocycles. The number of nitrogens with two attached hydrogens (primary N) is 1. The molecular weight excluding hydrogens is 272 g/mol. The van der Waals surface area contributed by atoms with Crippen LogP contribution in [0.5, 0.6) is 5.75 Å². The van der Waals surface area contributed by atoms with Gasteiger partial charge in [-0.25, -0.2) is 0 Å². The molecule has 108 valence electrons. The maximum absolute atomic E-state index is 11.8. The van der Waals surface area contributed by atoms with Gasteiger partial charge in [0.1, 0.15) is 10.7 Å². The van der Waals surface area contributed by atoms with Gasteiger partial charge in [-0.3, -0.25) is 4.79 Å². The molecule has 1 aromatic carbocycles. The van der Waals surface area contributed by atoms with E-state index < -0.39 is 0 Å². The van der Waals surface area contributed by atoms with Gasteiger partial charge < -0.3 is 15.8 Å². The molecule has 1 aromatic rings. The Bertz CT molecular complexity index is 467. The van der Waals surface area contributed by atoms with Crippen LogP contribution in [0.3, 0.4) is 0 Å². The number of thiocarbonyl (C=S) groups is 1. The van der Waals surface area contributed by atoms with E-state index >= 15 is 0 Å². The van der Waals surface area contributed by atoms with E-state index in [-0.39, 0.29) is 12.5 Å². The van der Waals surface area contributed by atoms with Crippen molar-refractivity contribution in [3.05, 3.63) is 29.8 Å². The lowest BCUT2D eigenvalue weighted by molar-refractivity contribution is -0.124. The molecule has 5 heteroatoms. The van der Waals surface area contributed by atoms with E-state index in [1.807, 2.05) is 0 Å². The van der Waals surface area contributed by atoms with Crippen LogP contribution in [-0.2, 0) is 4.79 Å². The van der Waals surface area contributed by atoms with Gasteiger partial charge in [0.05, 0.1) is 0 Å². The van der Waals surface area contributed by atoms with Gasteiger partial charge >= 0.3 is 0 Å². The lowest BCUT2D eigenvalue weighted by Crippen LogP contribution is -2.38. The molecule has 0 radical (unpaired) electrons. The monoisotopic (exact) mass is 292 g/mol. The van der Waals surface area contributed by atoms with Gasteiger partial charge in [-0.1, -0.05) is 31.5 Å². The fourth-order valence-corrected chi connectivity index (χ4v) is 2.52. The summed E-state index contributed by atoms with van der Waals surface area (Å²) in [7, 11) is 0. The highest BCUT2D eigenvalue weighted by atomic mass is 32.1. The van der Waals surface area contributed by atoms with Crippen molar-refractivity contribution in [1.29, 1.82) is 0 Å². The topological polar surface area (TPSA) is 64.3 Å². The SMILES string of the molecule is NC(=S)c1ccc(OCC(=O)NC2CCCCC2)cc1. The third kappa shape index (κ3) is 4.49. The lowest BCUT2D eigenvalue weighted by Gasteiger charge is -2.22. The molecule has 1 fully saturated rings. The second-order valence-corrected chi connectivity index (χ2v) is 5.52. The highest BCUT2D eigenvalue weighted by Crippen LogP contribution is 2.17. The highest BCUT2D eigenvalue weighted by Gasteiger charge is 2.15. The molecule has 2 rings (SSSR count). The molecule has 0 spiro atoms. The molecule has 20 heavy (non-hydrogen) atoms. The van der Waals surface area contributed by atoms with Gasteiger partial charge in [-0.2, -0.15) is 0 Å². The summed E-state index contributed by atoms with van der Waals surface area (Å²) in [6.45, 7) is 0.0446. The average molecular weight is 292 g/mol. The van der Waals surface area contributed by atoms with Crippen molar-refractivity contribution in [2.24, 2.45) is 5.73 Å². The molecule has 0 unspecified atom stereocenters. The van der Waals surface area contributed by atoms with Gasteiger partial charge in [0.2, 0.25) is 0 Å². The Morgan fingerprint density at radius 2 is 1.90 bits per heavy atom. The average Bonchev–Trinajstić information content (AvgIpc) is 2.46. The van der Waals surface area contributed by atoms with Crippen molar-refractivity contribution in [2.45, 2.75) is 38.1 Å². The second-order valence-electron chi connectivity index (χ2n) is 5.08.